The number of alkyl halides is 6. The Balaban J connectivity index is 3.47. The van der Waals surface area contributed by atoms with Gasteiger partial charge in [0.1, 0.15) is 0 Å². The summed E-state index contributed by atoms with van der Waals surface area (Å²) in [5, 5.41) is 8.57. The van der Waals surface area contributed by atoms with Crippen molar-refractivity contribution in [2.24, 2.45) is 4.99 Å². The number of carboxylic acids is 1. The molecule has 120 valence electrons. The quantitative estimate of drug-likeness (QED) is 0.313. The molecule has 0 aliphatic heterocycles. The highest BCUT2D eigenvalue weighted by atomic mass is 127. The number of carbonyl (C=O) groups is 1. The van der Waals surface area contributed by atoms with Gasteiger partial charge in [0.15, 0.2) is 4.18 Å². The van der Waals surface area contributed by atoms with Gasteiger partial charge in [-0.05, 0) is 29.0 Å². The van der Waals surface area contributed by atoms with Gasteiger partial charge >= 0.3 is 5.97 Å². The maximum Gasteiger partial charge on any atom is 0.303 e. The number of hydrogen-bond donors (Lipinski definition) is 1. The summed E-state index contributed by atoms with van der Waals surface area (Å²) in [6.45, 7) is 0. The molecule has 0 heterocycles. The van der Waals surface area contributed by atoms with Gasteiger partial charge in [-0.1, -0.05) is 0 Å². The molecule has 1 N–H and O–H groups in total. The first kappa shape index (κ1) is 18.3. The van der Waals surface area contributed by atoms with E-state index >= 15 is 0 Å². The zero-order valence-corrected chi connectivity index (χ0v) is 13.1. The zero-order valence-electron chi connectivity index (χ0n) is 11.0. The maximum absolute atomic E-state index is 14.0. The van der Waals surface area contributed by atoms with E-state index in [2.05, 4.69) is 4.99 Å². The average Bonchev–Trinajstić information content (AvgIpc) is 2.33. The minimum atomic E-state index is -3.65. The third-order valence-electron chi connectivity index (χ3n) is 3.15. The van der Waals surface area contributed by atoms with Crippen molar-refractivity contribution in [1.82, 2.24) is 0 Å². The van der Waals surface area contributed by atoms with E-state index in [-0.39, 0.29) is 0 Å². The van der Waals surface area contributed by atoms with E-state index < -0.39 is 64.5 Å². The Bertz CT molecular complexity index is 488. The minimum absolute atomic E-state index is 0.736. The van der Waals surface area contributed by atoms with Crippen molar-refractivity contribution in [3.63, 3.8) is 0 Å². The van der Waals surface area contributed by atoms with Gasteiger partial charge in [0.25, 0.3) is 11.8 Å². The number of carboxylic acid groups (broad SMARTS) is 1. The molecule has 9 heteroatoms. The number of nitrogens with zero attached hydrogens (tertiary/aromatic N) is 1. The second-order valence-electron chi connectivity index (χ2n) is 4.57. The van der Waals surface area contributed by atoms with Gasteiger partial charge in [-0.2, -0.15) is 0 Å². The molecule has 1 rings (SSSR count). The Hall–Kier alpha value is -0.740. The molecule has 0 aromatic heterocycles. The van der Waals surface area contributed by atoms with Crippen LogP contribution in [0.1, 0.15) is 25.7 Å². The third kappa shape index (κ3) is 4.13. The van der Waals surface area contributed by atoms with E-state index in [0.717, 1.165) is 29.6 Å². The predicted octanol–water partition coefficient (Wildman–Crippen LogP) is 4.01. The molecule has 1 atom stereocenters. The van der Waals surface area contributed by atoms with E-state index in [4.69, 9.17) is 5.11 Å². The largest absolute Gasteiger partial charge is 0.481 e. The van der Waals surface area contributed by atoms with Crippen LogP contribution >= 0.6 is 22.6 Å². The lowest BCUT2D eigenvalue weighted by Crippen LogP contribution is -2.40. The number of rotatable bonds is 5. The Morgan fingerprint density at radius 1 is 1.33 bits per heavy atom. The molecule has 0 fully saturated rings. The van der Waals surface area contributed by atoms with Gasteiger partial charge in [-0.15, -0.1) is 0 Å². The summed E-state index contributed by atoms with van der Waals surface area (Å²) in [5.41, 5.74) is -2.94. The minimum Gasteiger partial charge on any atom is -0.481 e. The van der Waals surface area contributed by atoms with Gasteiger partial charge < -0.3 is 5.11 Å². The molecule has 0 radical (unpaired) electrons. The molecule has 1 aliphatic carbocycles. The molecule has 0 aromatic rings. The molecule has 1 unspecified atom stereocenters. The molecule has 0 saturated carbocycles. The van der Waals surface area contributed by atoms with Crippen LogP contribution in [0.4, 0.5) is 22.0 Å². The Morgan fingerprint density at radius 2 is 1.86 bits per heavy atom. The van der Waals surface area contributed by atoms with E-state index in [0.29, 0.717) is 0 Å². The molecule has 0 amide bonds. The van der Waals surface area contributed by atoms with Crippen molar-refractivity contribution in [1.29, 1.82) is 0 Å². The fourth-order valence-electron chi connectivity index (χ4n) is 2.19. The monoisotopic (exact) mass is 425 g/mol. The predicted molar refractivity (Wildman–Crippen MR) is 75.3 cm³/mol. The summed E-state index contributed by atoms with van der Waals surface area (Å²) in [7, 11) is 1.03. The first-order valence-electron chi connectivity index (χ1n) is 5.99. The van der Waals surface area contributed by atoms with Crippen LogP contribution in [0, 0.1) is 0 Å². The number of hydrogen-bond acceptors (Lipinski definition) is 2. The summed E-state index contributed by atoms with van der Waals surface area (Å²) in [4.78, 5) is 13.9. The molecular weight excluding hydrogens is 412 g/mol. The summed E-state index contributed by atoms with van der Waals surface area (Å²) < 4.78 is 67.3. The van der Waals surface area contributed by atoms with Crippen LogP contribution in [0.5, 0.6) is 0 Å². The second-order valence-corrected chi connectivity index (χ2v) is 5.66. The summed E-state index contributed by atoms with van der Waals surface area (Å²) >= 11 is 1.16. The molecule has 0 bridgehead atoms. The average molecular weight is 425 g/mol. The van der Waals surface area contributed by atoms with Crippen LogP contribution in [0.25, 0.3) is 0 Å². The van der Waals surface area contributed by atoms with Crippen LogP contribution in [0.2, 0.25) is 0 Å². The van der Waals surface area contributed by atoms with Crippen molar-refractivity contribution < 1.29 is 31.9 Å². The van der Waals surface area contributed by atoms with Gasteiger partial charge in [-0.25, -0.2) is 22.0 Å². The molecular formula is C12H13F5INO2. The summed E-state index contributed by atoms with van der Waals surface area (Å²) in [6, 6.07) is 0. The normalized spacial score (nSPS) is 23.1. The number of halogens is 6. The highest BCUT2D eigenvalue weighted by molar-refractivity contribution is 14.1. The number of allylic oxidation sites excluding steroid dienone is 2. The SMILES string of the molecule is CN=C(C1=C(CCC(=O)O)C(F)(F)CCC1(F)F)C(F)I. The Labute approximate surface area is 131 Å². The molecule has 0 aromatic carbocycles. The number of aliphatic imine (C=N–C) groups is 1. The van der Waals surface area contributed by atoms with Crippen molar-refractivity contribution in [2.45, 2.75) is 41.7 Å². The lowest BCUT2D eigenvalue weighted by molar-refractivity contribution is -0.137. The van der Waals surface area contributed by atoms with Crippen LogP contribution in [0.3, 0.4) is 0 Å². The topological polar surface area (TPSA) is 49.7 Å². The number of aliphatic carboxylic acids is 1. The van der Waals surface area contributed by atoms with Crippen molar-refractivity contribution in [3.05, 3.63) is 11.1 Å². The highest BCUT2D eigenvalue weighted by Crippen LogP contribution is 2.48. The second kappa shape index (κ2) is 6.57. The first-order chi connectivity index (χ1) is 9.53. The smallest absolute Gasteiger partial charge is 0.303 e. The fraction of sp³-hybridized carbons (Fsp3) is 0.667. The molecule has 0 saturated heterocycles. The van der Waals surface area contributed by atoms with Crippen LogP contribution in [-0.2, 0) is 4.79 Å². The lowest BCUT2D eigenvalue weighted by atomic mass is 9.81. The zero-order chi connectivity index (χ0) is 16.4. The fourth-order valence-corrected chi connectivity index (χ4v) is 2.78. The maximum atomic E-state index is 14.0. The lowest BCUT2D eigenvalue weighted by Gasteiger charge is -2.34. The van der Waals surface area contributed by atoms with Crippen molar-refractivity contribution in [2.75, 3.05) is 7.05 Å². The van der Waals surface area contributed by atoms with Gasteiger partial charge in [0.2, 0.25) is 0 Å². The Morgan fingerprint density at radius 3 is 2.29 bits per heavy atom. The molecule has 3 nitrogen and oxygen atoms in total. The van der Waals surface area contributed by atoms with Crippen LogP contribution in [-0.4, -0.2) is 39.9 Å². The standard InChI is InChI=1S/C12H13F5INO2/c1-19-9(10(13)18)8-6(2-3-7(20)21)11(14,15)4-5-12(8,16)17/h10H,2-5H2,1H3,(H,20,21). The van der Waals surface area contributed by atoms with Crippen molar-refractivity contribution >= 4 is 34.3 Å². The van der Waals surface area contributed by atoms with E-state index in [1.807, 2.05) is 0 Å². The van der Waals surface area contributed by atoms with Crippen molar-refractivity contribution in [3.8, 4) is 0 Å². The third-order valence-corrected chi connectivity index (χ3v) is 3.74. The van der Waals surface area contributed by atoms with Crippen LogP contribution < -0.4 is 0 Å². The van der Waals surface area contributed by atoms with E-state index in [9.17, 15) is 26.7 Å². The van der Waals surface area contributed by atoms with Gasteiger partial charge in [0.05, 0.1) is 11.3 Å². The van der Waals surface area contributed by atoms with E-state index in [1.165, 1.54) is 0 Å². The van der Waals surface area contributed by atoms with Gasteiger partial charge in [-0.3, -0.25) is 9.79 Å². The summed E-state index contributed by atoms with van der Waals surface area (Å²) in [5.74, 6) is -8.64. The molecule has 21 heavy (non-hydrogen) atoms. The molecule has 0 spiro atoms. The molecule has 1 aliphatic rings. The first-order valence-corrected chi connectivity index (χ1v) is 7.24. The van der Waals surface area contributed by atoms with Crippen LogP contribution in [0.15, 0.2) is 16.1 Å². The highest BCUT2D eigenvalue weighted by Gasteiger charge is 2.52. The Kier molecular flexibility index (Phi) is 5.73. The summed E-state index contributed by atoms with van der Waals surface area (Å²) in [6.07, 6.45) is -3.74. The van der Waals surface area contributed by atoms with E-state index in [1.54, 1.807) is 0 Å². The van der Waals surface area contributed by atoms with Gasteiger partial charge in [0, 0.05) is 31.9 Å².